The van der Waals surface area contributed by atoms with Crippen LogP contribution in [-0.4, -0.2) is 28.0 Å². The second-order valence-corrected chi connectivity index (χ2v) is 9.26. The average Bonchev–Trinajstić information content (AvgIpc) is 3.17. The van der Waals surface area contributed by atoms with Gasteiger partial charge in [-0.3, -0.25) is 9.80 Å². The van der Waals surface area contributed by atoms with E-state index in [2.05, 4.69) is 27.8 Å². The second kappa shape index (κ2) is 8.61. The zero-order chi connectivity index (χ0) is 24.1. The smallest absolute Gasteiger partial charge is 0.270 e. The van der Waals surface area contributed by atoms with Crippen molar-refractivity contribution in [3.8, 4) is 0 Å². The van der Waals surface area contributed by atoms with Gasteiger partial charge in [-0.2, -0.15) is 0 Å². The number of hydrogen-bond donors (Lipinski definition) is 1. The summed E-state index contributed by atoms with van der Waals surface area (Å²) in [6.07, 6.45) is 1.52. The van der Waals surface area contributed by atoms with Gasteiger partial charge in [-0.1, -0.05) is 18.7 Å². The number of carbonyl (C=O) groups is 1. The third kappa shape index (κ3) is 3.87. The Hall–Kier alpha value is -2.65. The molecule has 1 unspecified atom stereocenters. The molecule has 9 heteroatoms. The number of anilines is 1. The minimum atomic E-state index is -1.11. The van der Waals surface area contributed by atoms with Crippen LogP contribution in [0.25, 0.3) is 0 Å². The van der Waals surface area contributed by atoms with Crippen LogP contribution in [0.15, 0.2) is 58.2 Å². The van der Waals surface area contributed by atoms with Crippen LogP contribution >= 0.6 is 15.9 Å². The molecular weight excluding hydrogens is 502 g/mol. The molecule has 0 spiro atoms. The van der Waals surface area contributed by atoms with Crippen LogP contribution in [0, 0.1) is 23.3 Å². The standard InChI is InChI=1S/C24H22BrF4N3O/c1-13-19(14(2)30-18-9-8-16(25)21(28)22(18)29)23(33)31(32-11-5-10-24(13,32)3)12-15-6-4-7-17(26)20(15)27/h4,6-9,30H,2,5,10-12H2,1,3H3. The predicted octanol–water partition coefficient (Wildman–Crippen LogP) is 6.06. The second-order valence-electron chi connectivity index (χ2n) is 8.40. The molecule has 1 saturated heterocycles. The molecule has 1 fully saturated rings. The molecule has 0 aliphatic carbocycles. The average molecular weight is 524 g/mol. The van der Waals surface area contributed by atoms with Crippen LogP contribution in [-0.2, 0) is 11.3 Å². The van der Waals surface area contributed by atoms with Crippen LogP contribution < -0.4 is 5.32 Å². The van der Waals surface area contributed by atoms with E-state index in [1.807, 2.05) is 11.9 Å². The number of carbonyl (C=O) groups excluding carboxylic acids is 1. The van der Waals surface area contributed by atoms with Crippen molar-refractivity contribution in [2.45, 2.75) is 38.8 Å². The van der Waals surface area contributed by atoms with E-state index in [9.17, 15) is 22.4 Å². The van der Waals surface area contributed by atoms with Gasteiger partial charge in [-0.25, -0.2) is 22.6 Å². The number of amides is 1. The molecule has 2 aliphatic rings. The molecule has 0 radical (unpaired) electrons. The fraction of sp³-hybridized carbons (Fsp3) is 0.292. The Kier molecular flexibility index (Phi) is 6.13. The Bertz CT molecular complexity index is 1200. The summed E-state index contributed by atoms with van der Waals surface area (Å²) in [5.41, 5.74) is 0.315. The van der Waals surface area contributed by atoms with Crippen molar-refractivity contribution in [3.63, 3.8) is 0 Å². The Morgan fingerprint density at radius 2 is 1.88 bits per heavy atom. The zero-order valence-electron chi connectivity index (χ0n) is 18.1. The van der Waals surface area contributed by atoms with Crippen molar-refractivity contribution in [1.29, 1.82) is 0 Å². The third-order valence-electron chi connectivity index (χ3n) is 6.50. The van der Waals surface area contributed by atoms with Gasteiger partial charge in [-0.05, 0) is 66.4 Å². The van der Waals surface area contributed by atoms with Crippen molar-refractivity contribution in [1.82, 2.24) is 10.0 Å². The van der Waals surface area contributed by atoms with Gasteiger partial charge in [0.05, 0.1) is 27.8 Å². The molecule has 33 heavy (non-hydrogen) atoms. The number of nitrogens with zero attached hydrogens (tertiary/aromatic N) is 2. The van der Waals surface area contributed by atoms with Crippen LogP contribution in [0.2, 0.25) is 0 Å². The summed E-state index contributed by atoms with van der Waals surface area (Å²) in [7, 11) is 0. The van der Waals surface area contributed by atoms with Gasteiger partial charge in [-0.15, -0.1) is 0 Å². The lowest BCUT2D eigenvalue weighted by Crippen LogP contribution is -2.59. The van der Waals surface area contributed by atoms with Crippen molar-refractivity contribution in [3.05, 3.63) is 87.1 Å². The number of halogens is 5. The molecule has 0 aromatic heterocycles. The minimum Gasteiger partial charge on any atom is -0.353 e. The first-order valence-electron chi connectivity index (χ1n) is 10.4. The van der Waals surface area contributed by atoms with Gasteiger partial charge in [0.1, 0.15) is 0 Å². The summed E-state index contributed by atoms with van der Waals surface area (Å²) in [6, 6.07) is 6.51. The van der Waals surface area contributed by atoms with Crippen LogP contribution in [0.5, 0.6) is 0 Å². The topological polar surface area (TPSA) is 35.6 Å². The number of nitrogens with one attached hydrogen (secondary N) is 1. The van der Waals surface area contributed by atoms with Crippen molar-refractivity contribution in [2.24, 2.45) is 0 Å². The fourth-order valence-corrected chi connectivity index (χ4v) is 4.88. The normalized spacial score (nSPS) is 20.9. The maximum atomic E-state index is 14.4. The van der Waals surface area contributed by atoms with E-state index in [0.717, 1.165) is 24.5 Å². The summed E-state index contributed by atoms with van der Waals surface area (Å²) in [6.45, 7) is 8.07. The van der Waals surface area contributed by atoms with Gasteiger partial charge >= 0.3 is 0 Å². The van der Waals surface area contributed by atoms with E-state index >= 15 is 0 Å². The van der Waals surface area contributed by atoms with Crippen molar-refractivity contribution in [2.75, 3.05) is 11.9 Å². The highest BCUT2D eigenvalue weighted by Crippen LogP contribution is 2.44. The zero-order valence-corrected chi connectivity index (χ0v) is 19.7. The molecule has 174 valence electrons. The van der Waals surface area contributed by atoms with E-state index in [-0.39, 0.29) is 33.5 Å². The van der Waals surface area contributed by atoms with Gasteiger partial charge in [0, 0.05) is 17.8 Å². The monoisotopic (exact) mass is 523 g/mol. The van der Waals surface area contributed by atoms with Crippen LogP contribution in [0.3, 0.4) is 0 Å². The van der Waals surface area contributed by atoms with E-state index < -0.39 is 34.7 Å². The van der Waals surface area contributed by atoms with E-state index in [4.69, 9.17) is 0 Å². The van der Waals surface area contributed by atoms with E-state index in [1.54, 1.807) is 6.92 Å². The Balaban J connectivity index is 1.73. The molecule has 4 rings (SSSR count). The number of benzene rings is 2. The van der Waals surface area contributed by atoms with Gasteiger partial charge in [0.25, 0.3) is 5.91 Å². The van der Waals surface area contributed by atoms with Crippen LogP contribution in [0.1, 0.15) is 32.3 Å². The summed E-state index contributed by atoms with van der Waals surface area (Å²) in [5, 5.41) is 5.98. The SMILES string of the molecule is C=C(Nc1ccc(Br)c(F)c1F)C1=C(C)C2(C)CCCN2N(Cc2cccc(F)c2F)C1=O. The lowest BCUT2D eigenvalue weighted by molar-refractivity contribution is -0.156. The van der Waals surface area contributed by atoms with Crippen LogP contribution in [0.4, 0.5) is 23.2 Å². The maximum Gasteiger partial charge on any atom is 0.270 e. The molecule has 2 aliphatic heterocycles. The summed E-state index contributed by atoms with van der Waals surface area (Å²) >= 11 is 2.93. The summed E-state index contributed by atoms with van der Waals surface area (Å²) in [5.74, 6) is -4.66. The summed E-state index contributed by atoms with van der Waals surface area (Å²) in [4.78, 5) is 13.6. The fourth-order valence-electron chi connectivity index (χ4n) is 4.58. The van der Waals surface area contributed by atoms with E-state index in [0.29, 0.717) is 6.54 Å². The Morgan fingerprint density at radius 1 is 1.15 bits per heavy atom. The molecule has 4 nitrogen and oxygen atoms in total. The summed E-state index contributed by atoms with van der Waals surface area (Å²) < 4.78 is 56.6. The lowest BCUT2D eigenvalue weighted by Gasteiger charge is -2.48. The molecule has 1 atom stereocenters. The lowest BCUT2D eigenvalue weighted by atomic mass is 9.84. The largest absolute Gasteiger partial charge is 0.353 e. The third-order valence-corrected chi connectivity index (χ3v) is 7.11. The van der Waals surface area contributed by atoms with Crippen molar-refractivity contribution >= 4 is 27.5 Å². The van der Waals surface area contributed by atoms with Crippen molar-refractivity contribution < 1.29 is 22.4 Å². The molecule has 1 N–H and O–H groups in total. The molecule has 2 aromatic carbocycles. The minimum absolute atomic E-state index is 0.0299. The first-order valence-corrected chi connectivity index (χ1v) is 11.2. The predicted molar refractivity (Wildman–Crippen MR) is 121 cm³/mol. The highest BCUT2D eigenvalue weighted by atomic mass is 79.9. The van der Waals surface area contributed by atoms with Gasteiger partial charge in [0.2, 0.25) is 0 Å². The van der Waals surface area contributed by atoms with Gasteiger partial charge < -0.3 is 5.32 Å². The maximum absolute atomic E-state index is 14.4. The van der Waals surface area contributed by atoms with Gasteiger partial charge in [0.15, 0.2) is 23.3 Å². The highest BCUT2D eigenvalue weighted by molar-refractivity contribution is 9.10. The number of hydrazine groups is 1. The molecular formula is C24H22BrF4N3O. The molecule has 0 saturated carbocycles. The molecule has 2 aromatic rings. The number of rotatable bonds is 5. The molecule has 0 bridgehead atoms. The quantitative estimate of drug-likeness (QED) is 0.382. The Morgan fingerprint density at radius 3 is 2.61 bits per heavy atom. The number of hydrogen-bond acceptors (Lipinski definition) is 3. The molecule has 2 heterocycles. The molecule has 1 amide bonds. The highest BCUT2D eigenvalue weighted by Gasteiger charge is 2.49. The van der Waals surface area contributed by atoms with E-state index in [1.165, 1.54) is 29.3 Å². The Labute approximate surface area is 197 Å². The first-order chi connectivity index (χ1) is 15.6. The first kappa shape index (κ1) is 23.5. The number of fused-ring (bicyclic) bond motifs is 1.